The maximum atomic E-state index is 13.5. The number of benzene rings is 1. The molecule has 0 bridgehead atoms. The number of nitrogens with zero attached hydrogens (tertiary/aromatic N) is 1. The van der Waals surface area contributed by atoms with Crippen LogP contribution < -0.4 is 10.1 Å². The fourth-order valence-corrected chi connectivity index (χ4v) is 6.18. The van der Waals surface area contributed by atoms with Crippen LogP contribution in [0.2, 0.25) is 0 Å². The Morgan fingerprint density at radius 3 is 2.65 bits per heavy atom. The van der Waals surface area contributed by atoms with Crippen molar-refractivity contribution < 1.29 is 27.6 Å². The van der Waals surface area contributed by atoms with Gasteiger partial charge in [0.25, 0.3) is 12.3 Å². The highest BCUT2D eigenvalue weighted by atomic mass is 32.2. The van der Waals surface area contributed by atoms with Crippen molar-refractivity contribution in [1.82, 2.24) is 10.3 Å². The van der Waals surface area contributed by atoms with Crippen molar-refractivity contribution in [2.75, 3.05) is 18.6 Å². The minimum atomic E-state index is -2.84. The molecule has 0 radical (unpaired) electrons. The molecular weight excluding hydrogens is 558 g/mol. The number of hydrogen-bond acceptors (Lipinski definition) is 8. The third-order valence-corrected chi connectivity index (χ3v) is 8.75. The average molecular weight is 589 g/mol. The smallest absolute Gasteiger partial charge is 0.280 e. The van der Waals surface area contributed by atoms with Crippen molar-refractivity contribution in [3.8, 4) is 28.7 Å². The van der Waals surface area contributed by atoms with Crippen molar-refractivity contribution in [1.29, 1.82) is 10.8 Å². The van der Waals surface area contributed by atoms with E-state index in [0.29, 0.717) is 60.4 Å². The van der Waals surface area contributed by atoms with E-state index in [4.69, 9.17) is 15.6 Å². The number of pyridine rings is 1. The highest BCUT2D eigenvalue weighted by Crippen LogP contribution is 2.36. The molecule has 12 heteroatoms. The zero-order valence-corrected chi connectivity index (χ0v) is 23.5. The Morgan fingerprint density at radius 1 is 1.27 bits per heavy atom. The van der Waals surface area contributed by atoms with E-state index in [0.717, 1.165) is 18.4 Å². The van der Waals surface area contributed by atoms with Crippen LogP contribution in [0, 0.1) is 28.6 Å². The van der Waals surface area contributed by atoms with Gasteiger partial charge in [-0.05, 0) is 79.5 Å². The first kappa shape index (κ1) is 29.8. The Hall–Kier alpha value is -3.14. The lowest BCUT2D eigenvalue weighted by Gasteiger charge is -2.31. The number of aromatic nitrogens is 1. The van der Waals surface area contributed by atoms with Gasteiger partial charge in [0.15, 0.2) is 5.17 Å². The minimum Gasteiger partial charge on any atom is -0.494 e. The first-order valence-electron chi connectivity index (χ1n) is 12.8. The standard InChI is InChI=1S/C28H30F2N4O4S2/c1-38-23-16-33-22(25(29)30)15-21(23)20-14-18(8-9-28(36)10-12-40(37)13-11-28)4-6-19(20)26(35)34-27(32)39-24(31)7-5-17-2-3-17/h4,6,14-17,25,31,36H,2-3,8-13H2,1H3,(H2,32,34,35). The Balaban J connectivity index is 1.61. The Kier molecular flexibility index (Phi) is 9.71. The van der Waals surface area contributed by atoms with E-state index >= 15 is 0 Å². The van der Waals surface area contributed by atoms with Crippen LogP contribution in [0.25, 0.3) is 11.1 Å². The van der Waals surface area contributed by atoms with Gasteiger partial charge in [-0.15, -0.1) is 0 Å². The lowest BCUT2D eigenvalue weighted by atomic mass is 9.88. The van der Waals surface area contributed by atoms with Crippen LogP contribution in [-0.4, -0.2) is 54.6 Å². The zero-order valence-electron chi connectivity index (χ0n) is 21.9. The number of carbonyl (C=O) groups excluding carboxylic acids is 1. The number of amidine groups is 1. The van der Waals surface area contributed by atoms with Crippen LogP contribution >= 0.6 is 11.8 Å². The third-order valence-electron chi connectivity index (χ3n) is 6.82. The molecule has 2 aliphatic rings. The van der Waals surface area contributed by atoms with Gasteiger partial charge in [0, 0.05) is 39.4 Å². The SMILES string of the molecule is COc1cnc(C(F)F)cc1-c1cc(CCC2(O)CCS(=O)CC2)ccc1C(=O)NC(=N)SC(=N)C#CC1CC1. The monoisotopic (exact) mass is 588 g/mol. The first-order chi connectivity index (χ1) is 19.1. The summed E-state index contributed by atoms with van der Waals surface area (Å²) in [5.74, 6) is 6.32. The number of aliphatic hydroxyl groups is 1. The van der Waals surface area contributed by atoms with Gasteiger partial charge < -0.3 is 15.2 Å². The number of rotatable bonds is 7. The predicted octanol–water partition coefficient (Wildman–Crippen LogP) is 4.69. The molecule has 2 fully saturated rings. The second kappa shape index (κ2) is 13.0. The van der Waals surface area contributed by atoms with Crippen molar-refractivity contribution in [3.05, 3.63) is 47.3 Å². The zero-order chi connectivity index (χ0) is 28.9. The van der Waals surface area contributed by atoms with Gasteiger partial charge >= 0.3 is 0 Å². The van der Waals surface area contributed by atoms with Crippen molar-refractivity contribution in [3.63, 3.8) is 0 Å². The van der Waals surface area contributed by atoms with E-state index in [1.165, 1.54) is 25.4 Å². The number of carbonyl (C=O) groups is 1. The molecule has 2 heterocycles. The van der Waals surface area contributed by atoms with Crippen LogP contribution in [-0.2, 0) is 17.2 Å². The normalized spacial score (nSPS) is 20.4. The largest absolute Gasteiger partial charge is 0.494 e. The average Bonchev–Trinajstić information content (AvgIpc) is 3.76. The molecule has 1 saturated heterocycles. The Bertz CT molecular complexity index is 1390. The van der Waals surface area contributed by atoms with E-state index in [1.54, 1.807) is 12.1 Å². The molecule has 212 valence electrons. The van der Waals surface area contributed by atoms with Gasteiger partial charge in [-0.2, -0.15) is 0 Å². The number of methoxy groups -OCH3 is 1. The van der Waals surface area contributed by atoms with Gasteiger partial charge in [-0.25, -0.2) is 8.78 Å². The summed E-state index contributed by atoms with van der Waals surface area (Å²) >= 11 is 0.713. The summed E-state index contributed by atoms with van der Waals surface area (Å²) in [5.41, 5.74) is -0.0291. The topological polar surface area (TPSA) is 136 Å². The van der Waals surface area contributed by atoms with Gasteiger partial charge in [-0.1, -0.05) is 18.1 Å². The Morgan fingerprint density at radius 2 is 2.00 bits per heavy atom. The molecule has 4 N–H and O–H groups in total. The van der Waals surface area contributed by atoms with Gasteiger partial charge in [0.05, 0.1) is 18.9 Å². The van der Waals surface area contributed by atoms with Crippen molar-refractivity contribution in [2.24, 2.45) is 5.92 Å². The summed E-state index contributed by atoms with van der Waals surface area (Å²) < 4.78 is 44.2. The fraction of sp³-hybridized carbons (Fsp3) is 0.429. The van der Waals surface area contributed by atoms with Crippen LogP contribution in [0.3, 0.4) is 0 Å². The summed E-state index contributed by atoms with van der Waals surface area (Å²) in [4.78, 5) is 17.0. The first-order valence-corrected chi connectivity index (χ1v) is 15.1. The van der Waals surface area contributed by atoms with Crippen LogP contribution in [0.5, 0.6) is 5.75 Å². The number of amides is 1. The molecule has 0 spiro atoms. The maximum Gasteiger partial charge on any atom is 0.280 e. The van der Waals surface area contributed by atoms with Gasteiger partial charge in [0.1, 0.15) is 16.5 Å². The molecule has 4 rings (SSSR count). The van der Waals surface area contributed by atoms with E-state index in [-0.39, 0.29) is 27.1 Å². The molecule has 0 unspecified atom stereocenters. The summed E-state index contributed by atoms with van der Waals surface area (Å²) in [7, 11) is 0.453. The fourth-order valence-electron chi connectivity index (χ4n) is 4.30. The van der Waals surface area contributed by atoms with E-state index in [2.05, 4.69) is 22.1 Å². The van der Waals surface area contributed by atoms with Gasteiger partial charge in [-0.3, -0.25) is 24.8 Å². The lowest BCUT2D eigenvalue weighted by Crippen LogP contribution is -2.37. The molecule has 8 nitrogen and oxygen atoms in total. The lowest BCUT2D eigenvalue weighted by molar-refractivity contribution is 0.0228. The summed E-state index contributed by atoms with van der Waals surface area (Å²) in [6.45, 7) is 0. The van der Waals surface area contributed by atoms with Crippen LogP contribution in [0.1, 0.15) is 60.1 Å². The van der Waals surface area contributed by atoms with Crippen molar-refractivity contribution in [2.45, 2.75) is 50.6 Å². The molecule has 1 aliphatic carbocycles. The number of thioether (sulfide) groups is 1. The summed E-state index contributed by atoms with van der Waals surface area (Å²) in [5, 5.41) is 29.1. The molecule has 1 amide bonds. The number of halogens is 2. The highest BCUT2D eigenvalue weighted by Gasteiger charge is 2.31. The predicted molar refractivity (Wildman–Crippen MR) is 153 cm³/mol. The molecule has 2 aromatic rings. The van der Waals surface area contributed by atoms with E-state index in [9.17, 15) is 22.9 Å². The number of hydrogen-bond donors (Lipinski definition) is 4. The number of aryl methyl sites for hydroxylation is 1. The van der Waals surface area contributed by atoms with Crippen molar-refractivity contribution >= 4 is 38.7 Å². The second-order valence-electron chi connectivity index (χ2n) is 9.82. The maximum absolute atomic E-state index is 13.5. The second-order valence-corrected chi connectivity index (χ2v) is 12.5. The number of nitrogens with one attached hydrogen (secondary N) is 3. The molecule has 1 aliphatic heterocycles. The Labute approximate surface area is 238 Å². The van der Waals surface area contributed by atoms with Crippen LogP contribution in [0.4, 0.5) is 8.78 Å². The molecule has 1 saturated carbocycles. The molecule has 40 heavy (non-hydrogen) atoms. The van der Waals surface area contributed by atoms with E-state index < -0.39 is 34.4 Å². The highest BCUT2D eigenvalue weighted by molar-refractivity contribution is 8.26. The van der Waals surface area contributed by atoms with Crippen LogP contribution in [0.15, 0.2) is 30.5 Å². The number of ether oxygens (including phenoxy) is 1. The quantitative estimate of drug-likeness (QED) is 0.211. The minimum absolute atomic E-state index is 0.0605. The van der Waals surface area contributed by atoms with Gasteiger partial charge in [0.2, 0.25) is 0 Å². The number of alkyl halides is 2. The summed E-state index contributed by atoms with van der Waals surface area (Å²) in [6.07, 6.45) is 2.06. The molecule has 0 atom stereocenters. The molecular formula is C28H30F2N4O4S2. The summed E-state index contributed by atoms with van der Waals surface area (Å²) in [6, 6.07) is 6.11. The van der Waals surface area contributed by atoms with E-state index in [1.807, 2.05) is 0 Å². The molecule has 1 aromatic heterocycles. The third kappa shape index (κ3) is 7.96. The molecule has 1 aromatic carbocycles.